The molecule has 0 spiro atoms. The van der Waals surface area contributed by atoms with Crippen molar-refractivity contribution in [2.45, 2.75) is 58.5 Å². The molecule has 0 aromatic carbocycles. The summed E-state index contributed by atoms with van der Waals surface area (Å²) in [4.78, 5) is 24.3. The van der Waals surface area contributed by atoms with Gasteiger partial charge in [-0.05, 0) is 17.0 Å². The van der Waals surface area contributed by atoms with Gasteiger partial charge in [-0.2, -0.15) is 0 Å². The van der Waals surface area contributed by atoms with Crippen molar-refractivity contribution in [2.24, 2.45) is 0 Å². The molecule has 114 valence electrons. The standard InChI is InChI=1S/C15H26O4Si/c1-10(16)11-9-19-20(14(2,3)4,15(5,6)7)12(11)13(17)18-8/h9H2,1-8H3. The van der Waals surface area contributed by atoms with Crippen molar-refractivity contribution >= 4 is 20.1 Å². The van der Waals surface area contributed by atoms with Crippen LogP contribution >= 0.6 is 0 Å². The maximum Gasteiger partial charge on any atom is 0.332 e. The fourth-order valence-electron chi connectivity index (χ4n) is 3.49. The summed E-state index contributed by atoms with van der Waals surface area (Å²) >= 11 is 0. The molecule has 0 unspecified atom stereocenters. The van der Waals surface area contributed by atoms with E-state index in [9.17, 15) is 9.59 Å². The predicted molar refractivity (Wildman–Crippen MR) is 80.9 cm³/mol. The topological polar surface area (TPSA) is 52.6 Å². The second-order valence-electron chi connectivity index (χ2n) is 7.37. The monoisotopic (exact) mass is 298 g/mol. The molecule has 1 heterocycles. The smallest absolute Gasteiger partial charge is 0.332 e. The molecule has 1 rings (SSSR count). The molecule has 0 amide bonds. The number of hydrogen-bond donors (Lipinski definition) is 0. The molecule has 0 radical (unpaired) electrons. The Bertz CT molecular complexity index is 449. The minimum absolute atomic E-state index is 0.103. The summed E-state index contributed by atoms with van der Waals surface area (Å²) in [6.45, 7) is 14.2. The van der Waals surface area contributed by atoms with Crippen LogP contribution in [-0.2, 0) is 18.8 Å². The highest BCUT2D eigenvalue weighted by Gasteiger charge is 2.63. The lowest BCUT2D eigenvalue weighted by Crippen LogP contribution is -2.56. The predicted octanol–water partition coefficient (Wildman–Crippen LogP) is 3.16. The molecule has 0 fully saturated rings. The van der Waals surface area contributed by atoms with Gasteiger partial charge in [0.15, 0.2) is 5.78 Å². The zero-order valence-electron chi connectivity index (χ0n) is 13.8. The SMILES string of the molecule is COC(=O)C1=C(C(C)=O)CO[Si]1(C(C)(C)C)C(C)(C)C. The van der Waals surface area contributed by atoms with Crippen LogP contribution in [0.1, 0.15) is 48.5 Å². The Kier molecular flexibility index (Phi) is 4.37. The number of carbonyl (C=O) groups is 2. The van der Waals surface area contributed by atoms with E-state index in [0.29, 0.717) is 10.8 Å². The van der Waals surface area contributed by atoms with E-state index in [1.807, 2.05) is 0 Å². The van der Waals surface area contributed by atoms with Gasteiger partial charge >= 0.3 is 5.97 Å². The molecule has 0 bridgehead atoms. The molecule has 5 heteroatoms. The van der Waals surface area contributed by atoms with Crippen molar-refractivity contribution in [1.29, 1.82) is 0 Å². The van der Waals surface area contributed by atoms with Crippen molar-refractivity contribution in [3.8, 4) is 0 Å². The number of Topliss-reactive ketones (excluding diaryl/α,β-unsaturated/α-hetero) is 1. The second kappa shape index (κ2) is 5.11. The van der Waals surface area contributed by atoms with Gasteiger partial charge in [-0.15, -0.1) is 0 Å². The largest absolute Gasteiger partial charge is 0.466 e. The highest BCUT2D eigenvalue weighted by atomic mass is 28.4. The summed E-state index contributed by atoms with van der Waals surface area (Å²) < 4.78 is 11.2. The van der Waals surface area contributed by atoms with Crippen molar-refractivity contribution in [3.05, 3.63) is 10.8 Å². The van der Waals surface area contributed by atoms with Crippen LogP contribution in [0.5, 0.6) is 0 Å². The lowest BCUT2D eigenvalue weighted by Gasteiger charge is -2.48. The van der Waals surface area contributed by atoms with Gasteiger partial charge in [0.05, 0.1) is 18.9 Å². The molecule has 0 atom stereocenters. The van der Waals surface area contributed by atoms with Crippen LogP contribution in [-0.4, -0.2) is 33.8 Å². The third-order valence-electron chi connectivity index (χ3n) is 4.01. The van der Waals surface area contributed by atoms with E-state index in [2.05, 4.69) is 41.5 Å². The van der Waals surface area contributed by atoms with Gasteiger partial charge in [0.25, 0.3) is 0 Å². The Morgan fingerprint density at radius 1 is 1.10 bits per heavy atom. The molecule has 0 aromatic rings. The Morgan fingerprint density at radius 2 is 1.55 bits per heavy atom. The van der Waals surface area contributed by atoms with E-state index in [1.54, 1.807) is 0 Å². The van der Waals surface area contributed by atoms with Crippen LogP contribution in [0, 0.1) is 0 Å². The van der Waals surface area contributed by atoms with E-state index in [4.69, 9.17) is 9.16 Å². The summed E-state index contributed by atoms with van der Waals surface area (Å²) in [5, 5.41) is 0.0882. The lowest BCUT2D eigenvalue weighted by molar-refractivity contribution is -0.135. The maximum absolute atomic E-state index is 12.4. The first kappa shape index (κ1) is 17.1. The number of carbonyl (C=O) groups excluding carboxylic acids is 2. The average Bonchev–Trinajstić information content (AvgIpc) is 2.67. The Morgan fingerprint density at radius 3 is 1.85 bits per heavy atom. The number of rotatable bonds is 2. The molecule has 1 aliphatic heterocycles. The number of ether oxygens (including phenoxy) is 1. The number of ketones is 1. The lowest BCUT2D eigenvalue weighted by atomic mass is 10.2. The number of hydrogen-bond acceptors (Lipinski definition) is 4. The van der Waals surface area contributed by atoms with E-state index >= 15 is 0 Å². The van der Waals surface area contributed by atoms with E-state index in [-0.39, 0.29) is 22.5 Å². The van der Waals surface area contributed by atoms with Gasteiger partial charge in [-0.3, -0.25) is 4.79 Å². The van der Waals surface area contributed by atoms with Crippen molar-refractivity contribution in [3.63, 3.8) is 0 Å². The van der Waals surface area contributed by atoms with Crippen molar-refractivity contribution < 1.29 is 18.8 Å². The van der Waals surface area contributed by atoms with E-state index < -0.39 is 14.3 Å². The first-order valence-corrected chi connectivity index (χ1v) is 8.78. The third-order valence-corrected chi connectivity index (χ3v) is 10.0. The van der Waals surface area contributed by atoms with Gasteiger partial charge in [0.2, 0.25) is 8.32 Å². The molecule has 0 aliphatic carbocycles. The second-order valence-corrected chi connectivity index (χ2v) is 12.5. The zero-order chi connectivity index (χ0) is 15.9. The molecular formula is C15H26O4Si. The summed E-state index contributed by atoms with van der Waals surface area (Å²) in [6, 6.07) is 0. The molecule has 4 nitrogen and oxygen atoms in total. The minimum atomic E-state index is -2.69. The van der Waals surface area contributed by atoms with Crippen LogP contribution in [0.15, 0.2) is 10.8 Å². The maximum atomic E-state index is 12.4. The number of esters is 1. The number of methoxy groups -OCH3 is 1. The molecule has 0 N–H and O–H groups in total. The summed E-state index contributed by atoms with van der Waals surface area (Å²) in [6.07, 6.45) is 0. The Hall–Kier alpha value is -0.943. The summed E-state index contributed by atoms with van der Waals surface area (Å²) in [7, 11) is -1.33. The average molecular weight is 298 g/mol. The zero-order valence-corrected chi connectivity index (χ0v) is 14.8. The molecule has 0 saturated heterocycles. The van der Waals surface area contributed by atoms with Gasteiger partial charge in [-0.1, -0.05) is 41.5 Å². The van der Waals surface area contributed by atoms with Gasteiger partial charge in [0, 0.05) is 5.57 Å². The van der Waals surface area contributed by atoms with Crippen LogP contribution in [0.4, 0.5) is 0 Å². The van der Waals surface area contributed by atoms with E-state index in [1.165, 1.54) is 14.0 Å². The van der Waals surface area contributed by atoms with Crippen LogP contribution < -0.4 is 0 Å². The summed E-state index contributed by atoms with van der Waals surface area (Å²) in [5.41, 5.74) is 0.494. The minimum Gasteiger partial charge on any atom is -0.466 e. The molecule has 0 aromatic heterocycles. The van der Waals surface area contributed by atoms with Gasteiger partial charge in [-0.25, -0.2) is 4.79 Å². The third kappa shape index (κ3) is 2.37. The molecule has 20 heavy (non-hydrogen) atoms. The first-order chi connectivity index (χ1) is 8.90. The highest BCUT2D eigenvalue weighted by Crippen LogP contribution is 2.58. The van der Waals surface area contributed by atoms with Gasteiger partial charge < -0.3 is 9.16 Å². The van der Waals surface area contributed by atoms with Crippen LogP contribution in [0.2, 0.25) is 10.1 Å². The highest BCUT2D eigenvalue weighted by molar-refractivity contribution is 6.90. The first-order valence-electron chi connectivity index (χ1n) is 6.87. The molecular weight excluding hydrogens is 272 g/mol. The van der Waals surface area contributed by atoms with Gasteiger partial charge in [0.1, 0.15) is 0 Å². The quantitative estimate of drug-likeness (QED) is 0.580. The fourth-order valence-corrected chi connectivity index (χ4v) is 9.68. The van der Waals surface area contributed by atoms with E-state index in [0.717, 1.165) is 0 Å². The van der Waals surface area contributed by atoms with Crippen molar-refractivity contribution in [2.75, 3.05) is 13.7 Å². The summed E-state index contributed by atoms with van der Waals surface area (Å²) in [5.74, 6) is -0.516. The van der Waals surface area contributed by atoms with Crippen molar-refractivity contribution in [1.82, 2.24) is 0 Å². The Labute approximate surface area is 122 Å². The normalized spacial score (nSPS) is 19.2. The fraction of sp³-hybridized carbons (Fsp3) is 0.733. The van der Waals surface area contributed by atoms with Crippen LogP contribution in [0.25, 0.3) is 0 Å². The van der Waals surface area contributed by atoms with Crippen LogP contribution in [0.3, 0.4) is 0 Å². The molecule has 1 aliphatic rings. The molecule has 0 saturated carbocycles. The Balaban J connectivity index is 3.70.